The molecule has 0 aromatic heterocycles. The molecule has 0 spiro atoms. The van der Waals surface area contributed by atoms with Crippen molar-refractivity contribution in [2.24, 2.45) is 0 Å². The van der Waals surface area contributed by atoms with E-state index in [1.54, 1.807) is 7.11 Å². The molecule has 1 rings (SSSR count). The third-order valence-electron chi connectivity index (χ3n) is 3.06. The Labute approximate surface area is 106 Å². The number of ether oxygens (including phenoxy) is 1. The molecule has 17 heavy (non-hydrogen) atoms. The van der Waals surface area contributed by atoms with Gasteiger partial charge in [0.25, 0.3) is 0 Å². The average molecular weight is 235 g/mol. The summed E-state index contributed by atoms with van der Waals surface area (Å²) in [5.41, 5.74) is 2.58. The van der Waals surface area contributed by atoms with Crippen molar-refractivity contribution in [3.8, 4) is 5.75 Å². The van der Waals surface area contributed by atoms with Crippen LogP contribution in [0.5, 0.6) is 5.75 Å². The molecule has 0 heterocycles. The van der Waals surface area contributed by atoms with Crippen molar-refractivity contribution in [2.45, 2.75) is 39.7 Å². The van der Waals surface area contributed by atoms with Gasteiger partial charge in [0.05, 0.1) is 7.11 Å². The molecule has 96 valence electrons. The van der Waals surface area contributed by atoms with E-state index < -0.39 is 0 Å². The van der Waals surface area contributed by atoms with Gasteiger partial charge in [0.1, 0.15) is 5.75 Å². The number of aryl methyl sites for hydroxylation is 1. The third kappa shape index (κ3) is 4.78. The van der Waals surface area contributed by atoms with E-state index in [1.807, 2.05) is 0 Å². The highest BCUT2D eigenvalue weighted by Gasteiger charge is 2.03. The molecular weight excluding hydrogens is 210 g/mol. The molecule has 0 amide bonds. The van der Waals surface area contributed by atoms with Crippen LogP contribution in [-0.4, -0.2) is 25.6 Å². The lowest BCUT2D eigenvalue weighted by Crippen LogP contribution is -2.19. The topological polar surface area (TPSA) is 12.5 Å². The van der Waals surface area contributed by atoms with Crippen molar-refractivity contribution >= 4 is 0 Å². The van der Waals surface area contributed by atoms with Crippen LogP contribution in [0.25, 0.3) is 0 Å². The van der Waals surface area contributed by atoms with Crippen LogP contribution >= 0.6 is 0 Å². The molecule has 0 radical (unpaired) electrons. The SMILES string of the molecule is CCCCCN(C)Cc1ccc(OC)c(C)c1. The molecule has 2 heteroatoms. The van der Waals surface area contributed by atoms with Gasteiger partial charge in [-0.2, -0.15) is 0 Å². The van der Waals surface area contributed by atoms with Gasteiger partial charge in [0.2, 0.25) is 0 Å². The first-order chi connectivity index (χ1) is 8.17. The van der Waals surface area contributed by atoms with E-state index in [-0.39, 0.29) is 0 Å². The van der Waals surface area contributed by atoms with Gasteiger partial charge in [0.15, 0.2) is 0 Å². The van der Waals surface area contributed by atoms with Crippen LogP contribution in [0.15, 0.2) is 18.2 Å². The van der Waals surface area contributed by atoms with Gasteiger partial charge in [-0.3, -0.25) is 0 Å². The number of methoxy groups -OCH3 is 1. The smallest absolute Gasteiger partial charge is 0.121 e. The minimum atomic E-state index is 0.974. The number of rotatable bonds is 7. The molecule has 0 saturated heterocycles. The molecule has 0 aliphatic carbocycles. The summed E-state index contributed by atoms with van der Waals surface area (Å²) in [7, 11) is 3.91. The van der Waals surface area contributed by atoms with E-state index in [9.17, 15) is 0 Å². The quantitative estimate of drug-likeness (QED) is 0.669. The molecule has 1 aromatic carbocycles. The lowest BCUT2D eigenvalue weighted by atomic mass is 10.1. The molecule has 0 unspecified atom stereocenters. The van der Waals surface area contributed by atoms with Gasteiger partial charge in [-0.1, -0.05) is 31.9 Å². The summed E-state index contributed by atoms with van der Waals surface area (Å²) in [6.45, 7) is 6.54. The van der Waals surface area contributed by atoms with Gasteiger partial charge in [-0.15, -0.1) is 0 Å². The number of benzene rings is 1. The Balaban J connectivity index is 2.48. The predicted octanol–water partition coefficient (Wildman–Crippen LogP) is 3.63. The summed E-state index contributed by atoms with van der Waals surface area (Å²) in [5.74, 6) is 0.974. The van der Waals surface area contributed by atoms with Crippen LogP contribution < -0.4 is 4.74 Å². The molecule has 1 aromatic rings. The van der Waals surface area contributed by atoms with E-state index in [4.69, 9.17) is 4.74 Å². The standard InChI is InChI=1S/C15H25NO/c1-5-6-7-10-16(3)12-14-8-9-15(17-4)13(2)11-14/h8-9,11H,5-7,10,12H2,1-4H3. The van der Waals surface area contributed by atoms with E-state index in [0.717, 1.165) is 12.3 Å². The molecule has 0 bridgehead atoms. The van der Waals surface area contributed by atoms with Crippen molar-refractivity contribution < 1.29 is 4.74 Å². The van der Waals surface area contributed by atoms with Gasteiger partial charge < -0.3 is 9.64 Å². The molecular formula is C15H25NO. The van der Waals surface area contributed by atoms with E-state index in [1.165, 1.54) is 36.9 Å². The summed E-state index contributed by atoms with van der Waals surface area (Å²) in [4.78, 5) is 2.39. The maximum absolute atomic E-state index is 5.27. The lowest BCUT2D eigenvalue weighted by molar-refractivity contribution is 0.318. The molecule has 0 aliphatic heterocycles. The lowest BCUT2D eigenvalue weighted by Gasteiger charge is -2.17. The van der Waals surface area contributed by atoms with Crippen molar-refractivity contribution in [1.29, 1.82) is 0 Å². The molecule has 2 nitrogen and oxygen atoms in total. The fourth-order valence-electron chi connectivity index (χ4n) is 2.06. The molecule has 0 saturated carbocycles. The first-order valence-electron chi connectivity index (χ1n) is 6.49. The Kier molecular flexibility index (Phi) is 6.06. The van der Waals surface area contributed by atoms with Gasteiger partial charge in [0, 0.05) is 6.54 Å². The summed E-state index contributed by atoms with van der Waals surface area (Å²) in [6, 6.07) is 6.43. The van der Waals surface area contributed by atoms with Gasteiger partial charge in [-0.25, -0.2) is 0 Å². The maximum Gasteiger partial charge on any atom is 0.121 e. The Hall–Kier alpha value is -1.02. The van der Waals surface area contributed by atoms with Crippen LogP contribution in [0.1, 0.15) is 37.3 Å². The highest BCUT2D eigenvalue weighted by molar-refractivity contribution is 5.36. The highest BCUT2D eigenvalue weighted by atomic mass is 16.5. The number of nitrogens with zero attached hydrogens (tertiary/aromatic N) is 1. The van der Waals surface area contributed by atoms with Crippen molar-refractivity contribution in [2.75, 3.05) is 20.7 Å². The predicted molar refractivity (Wildman–Crippen MR) is 73.6 cm³/mol. The summed E-state index contributed by atoms with van der Waals surface area (Å²) < 4.78 is 5.27. The van der Waals surface area contributed by atoms with Gasteiger partial charge >= 0.3 is 0 Å². The van der Waals surface area contributed by atoms with Crippen LogP contribution in [-0.2, 0) is 6.54 Å². The van der Waals surface area contributed by atoms with E-state index >= 15 is 0 Å². The van der Waals surface area contributed by atoms with Crippen LogP contribution in [0.3, 0.4) is 0 Å². The minimum Gasteiger partial charge on any atom is -0.496 e. The Morgan fingerprint density at radius 3 is 2.59 bits per heavy atom. The summed E-state index contributed by atoms with van der Waals surface area (Å²) in [5, 5.41) is 0. The van der Waals surface area contributed by atoms with E-state index in [2.05, 4.69) is 44.0 Å². The fourth-order valence-corrected chi connectivity index (χ4v) is 2.06. The highest BCUT2D eigenvalue weighted by Crippen LogP contribution is 2.19. The summed E-state index contributed by atoms with van der Waals surface area (Å²) >= 11 is 0. The first-order valence-corrected chi connectivity index (χ1v) is 6.49. The monoisotopic (exact) mass is 235 g/mol. The average Bonchev–Trinajstić information content (AvgIpc) is 2.29. The number of hydrogen-bond acceptors (Lipinski definition) is 2. The largest absolute Gasteiger partial charge is 0.496 e. The normalized spacial score (nSPS) is 10.9. The zero-order valence-corrected chi connectivity index (χ0v) is 11.6. The maximum atomic E-state index is 5.27. The first kappa shape index (κ1) is 14.0. The summed E-state index contributed by atoms with van der Waals surface area (Å²) in [6.07, 6.45) is 3.91. The second-order valence-electron chi connectivity index (χ2n) is 4.75. The van der Waals surface area contributed by atoms with E-state index in [0.29, 0.717) is 0 Å². The van der Waals surface area contributed by atoms with Crippen molar-refractivity contribution in [3.63, 3.8) is 0 Å². The minimum absolute atomic E-state index is 0.974. The second-order valence-corrected chi connectivity index (χ2v) is 4.75. The van der Waals surface area contributed by atoms with Crippen molar-refractivity contribution in [1.82, 2.24) is 4.90 Å². The Morgan fingerprint density at radius 2 is 2.00 bits per heavy atom. The van der Waals surface area contributed by atoms with Crippen molar-refractivity contribution in [3.05, 3.63) is 29.3 Å². The fraction of sp³-hybridized carbons (Fsp3) is 0.600. The zero-order chi connectivity index (χ0) is 12.7. The molecule has 0 atom stereocenters. The molecule has 0 aliphatic rings. The van der Waals surface area contributed by atoms with Gasteiger partial charge in [-0.05, 0) is 44.1 Å². The Morgan fingerprint density at radius 1 is 1.24 bits per heavy atom. The van der Waals surface area contributed by atoms with Crippen LogP contribution in [0, 0.1) is 6.92 Å². The third-order valence-corrected chi connectivity index (χ3v) is 3.06. The number of unbranched alkanes of at least 4 members (excludes halogenated alkanes) is 2. The second kappa shape index (κ2) is 7.33. The molecule has 0 fully saturated rings. The number of hydrogen-bond donors (Lipinski definition) is 0. The van der Waals surface area contributed by atoms with Crippen LogP contribution in [0.4, 0.5) is 0 Å². The molecule has 0 N–H and O–H groups in total. The van der Waals surface area contributed by atoms with Crippen LogP contribution in [0.2, 0.25) is 0 Å². The Bertz CT molecular complexity index is 336. The zero-order valence-electron chi connectivity index (χ0n) is 11.6.